The second kappa shape index (κ2) is 6.43. The summed E-state index contributed by atoms with van der Waals surface area (Å²) in [6.45, 7) is 5.45. The van der Waals surface area contributed by atoms with Gasteiger partial charge in [0.15, 0.2) is 0 Å². The van der Waals surface area contributed by atoms with Crippen molar-refractivity contribution in [3.05, 3.63) is 47.8 Å². The lowest BCUT2D eigenvalue weighted by Gasteiger charge is -2.17. The van der Waals surface area contributed by atoms with Gasteiger partial charge in [0.1, 0.15) is 6.04 Å². The van der Waals surface area contributed by atoms with Crippen molar-refractivity contribution in [2.24, 2.45) is 5.92 Å². The minimum atomic E-state index is -1.04. The number of aliphatic carboxylic acids is 1. The van der Waals surface area contributed by atoms with E-state index in [1.807, 2.05) is 13.1 Å². The first kappa shape index (κ1) is 15.8. The molecule has 1 aromatic heterocycles. The minimum absolute atomic E-state index is 0.187. The molecular formula is C16H19N3O3. The topological polar surface area (TPSA) is 84.2 Å². The summed E-state index contributed by atoms with van der Waals surface area (Å²) in [5, 5.41) is 15.8. The Hall–Kier alpha value is -2.63. The van der Waals surface area contributed by atoms with Gasteiger partial charge >= 0.3 is 5.97 Å². The second-order valence-corrected chi connectivity index (χ2v) is 5.54. The fourth-order valence-corrected chi connectivity index (χ4v) is 2.06. The zero-order valence-corrected chi connectivity index (χ0v) is 12.8. The van der Waals surface area contributed by atoms with Crippen LogP contribution in [0.15, 0.2) is 36.7 Å². The molecule has 1 unspecified atom stereocenters. The Morgan fingerprint density at radius 3 is 2.32 bits per heavy atom. The number of hydrogen-bond donors (Lipinski definition) is 2. The molecule has 0 aliphatic rings. The molecule has 0 bridgehead atoms. The van der Waals surface area contributed by atoms with Crippen molar-refractivity contribution >= 4 is 11.9 Å². The summed E-state index contributed by atoms with van der Waals surface area (Å²) < 4.78 is 1.71. The largest absolute Gasteiger partial charge is 0.480 e. The predicted molar refractivity (Wildman–Crippen MR) is 82.0 cm³/mol. The lowest BCUT2D eigenvalue weighted by Crippen LogP contribution is -2.44. The number of carboxylic acid groups (broad SMARTS) is 1. The van der Waals surface area contributed by atoms with Crippen LogP contribution in [-0.4, -0.2) is 32.8 Å². The van der Waals surface area contributed by atoms with Gasteiger partial charge in [-0.15, -0.1) is 0 Å². The van der Waals surface area contributed by atoms with Gasteiger partial charge in [-0.3, -0.25) is 4.79 Å². The van der Waals surface area contributed by atoms with E-state index in [1.54, 1.807) is 49.0 Å². The van der Waals surface area contributed by atoms with Gasteiger partial charge in [0.25, 0.3) is 5.91 Å². The molecule has 0 radical (unpaired) electrons. The molecule has 6 nitrogen and oxygen atoms in total. The summed E-state index contributed by atoms with van der Waals surface area (Å²) in [4.78, 5) is 23.2. The number of nitrogens with zero attached hydrogens (tertiary/aromatic N) is 2. The number of nitrogens with one attached hydrogen (secondary N) is 1. The van der Waals surface area contributed by atoms with Crippen molar-refractivity contribution < 1.29 is 14.7 Å². The lowest BCUT2D eigenvalue weighted by molar-refractivity contribution is -0.140. The summed E-state index contributed by atoms with van der Waals surface area (Å²) in [6, 6.07) is 5.95. The van der Waals surface area contributed by atoms with Crippen molar-refractivity contribution in [3.8, 4) is 5.69 Å². The Kier molecular flexibility index (Phi) is 4.60. The van der Waals surface area contributed by atoms with Crippen LogP contribution in [0.3, 0.4) is 0 Å². The van der Waals surface area contributed by atoms with Crippen LogP contribution in [0, 0.1) is 12.8 Å². The summed E-state index contributed by atoms with van der Waals surface area (Å²) >= 11 is 0. The van der Waals surface area contributed by atoms with Gasteiger partial charge in [-0.2, -0.15) is 5.10 Å². The number of aromatic nitrogens is 2. The van der Waals surface area contributed by atoms with Crippen LogP contribution in [-0.2, 0) is 4.79 Å². The Balaban J connectivity index is 2.13. The molecule has 2 aromatic rings. The molecule has 0 spiro atoms. The molecule has 2 N–H and O–H groups in total. The first-order valence-electron chi connectivity index (χ1n) is 7.04. The average Bonchev–Trinajstić information content (AvgIpc) is 2.90. The Labute approximate surface area is 128 Å². The summed E-state index contributed by atoms with van der Waals surface area (Å²) in [7, 11) is 0. The van der Waals surface area contributed by atoms with E-state index in [0.717, 1.165) is 11.3 Å². The number of carboxylic acids is 1. The molecule has 1 amide bonds. The highest BCUT2D eigenvalue weighted by Gasteiger charge is 2.23. The lowest BCUT2D eigenvalue weighted by atomic mass is 10.0. The molecule has 1 aromatic carbocycles. The van der Waals surface area contributed by atoms with Gasteiger partial charge in [0, 0.05) is 11.8 Å². The third-order valence-electron chi connectivity index (χ3n) is 3.33. The number of aryl methyl sites for hydroxylation is 1. The first-order chi connectivity index (χ1) is 10.4. The molecule has 0 saturated carbocycles. The average molecular weight is 301 g/mol. The molecule has 0 fully saturated rings. The normalized spacial score (nSPS) is 12.2. The molecule has 6 heteroatoms. The summed E-state index contributed by atoms with van der Waals surface area (Å²) in [5.74, 6) is -1.62. The molecule has 1 atom stereocenters. The van der Waals surface area contributed by atoms with Gasteiger partial charge in [0.2, 0.25) is 0 Å². The monoisotopic (exact) mass is 301 g/mol. The Bertz CT molecular complexity index is 674. The quantitative estimate of drug-likeness (QED) is 0.885. The standard InChI is InChI=1S/C16H19N3O3/c1-10(2)14(16(21)22)18-15(20)12-4-6-13(7-5-12)19-9-11(3)8-17-19/h4-10,14H,1-3H3,(H,18,20)(H,21,22). The zero-order chi connectivity index (χ0) is 16.3. The van der Waals surface area contributed by atoms with Crippen LogP contribution >= 0.6 is 0 Å². The highest BCUT2D eigenvalue weighted by molar-refractivity contribution is 5.96. The number of rotatable bonds is 5. The maximum absolute atomic E-state index is 12.1. The number of benzene rings is 1. The highest BCUT2D eigenvalue weighted by Crippen LogP contribution is 2.11. The van der Waals surface area contributed by atoms with E-state index < -0.39 is 17.9 Å². The Morgan fingerprint density at radius 1 is 1.23 bits per heavy atom. The molecule has 0 aliphatic heterocycles. The summed E-state index contributed by atoms with van der Waals surface area (Å²) in [6.07, 6.45) is 3.63. The third kappa shape index (κ3) is 3.52. The van der Waals surface area contributed by atoms with Gasteiger partial charge in [-0.1, -0.05) is 13.8 Å². The number of carbonyl (C=O) groups excluding carboxylic acids is 1. The van der Waals surface area contributed by atoms with Crippen LogP contribution < -0.4 is 5.32 Å². The molecule has 116 valence electrons. The van der Waals surface area contributed by atoms with E-state index in [2.05, 4.69) is 10.4 Å². The molecular weight excluding hydrogens is 282 g/mol. The van der Waals surface area contributed by atoms with Gasteiger partial charge in [-0.05, 0) is 42.7 Å². The van der Waals surface area contributed by atoms with Gasteiger partial charge in [0.05, 0.1) is 11.9 Å². The highest BCUT2D eigenvalue weighted by atomic mass is 16.4. The van der Waals surface area contributed by atoms with Crippen LogP contribution in [0.2, 0.25) is 0 Å². The van der Waals surface area contributed by atoms with Crippen LogP contribution in [0.1, 0.15) is 29.8 Å². The maximum atomic E-state index is 12.1. The van der Waals surface area contributed by atoms with Gasteiger partial charge in [-0.25, -0.2) is 9.48 Å². The SMILES string of the molecule is Cc1cnn(-c2ccc(C(=O)NC(C(=O)O)C(C)C)cc2)c1. The number of hydrogen-bond acceptors (Lipinski definition) is 3. The predicted octanol–water partition coefficient (Wildman–Crippen LogP) is 2.02. The van der Waals surface area contributed by atoms with E-state index in [-0.39, 0.29) is 5.92 Å². The van der Waals surface area contributed by atoms with Crippen molar-refractivity contribution in [2.45, 2.75) is 26.8 Å². The molecule has 0 saturated heterocycles. The van der Waals surface area contributed by atoms with E-state index in [0.29, 0.717) is 5.56 Å². The first-order valence-corrected chi connectivity index (χ1v) is 7.04. The number of amides is 1. The van der Waals surface area contributed by atoms with Crippen molar-refractivity contribution in [2.75, 3.05) is 0 Å². The van der Waals surface area contributed by atoms with Crippen molar-refractivity contribution in [1.29, 1.82) is 0 Å². The molecule has 2 rings (SSSR count). The van der Waals surface area contributed by atoms with Crippen molar-refractivity contribution in [1.82, 2.24) is 15.1 Å². The zero-order valence-electron chi connectivity index (χ0n) is 12.8. The van der Waals surface area contributed by atoms with Crippen LogP contribution in [0.5, 0.6) is 0 Å². The smallest absolute Gasteiger partial charge is 0.326 e. The van der Waals surface area contributed by atoms with Crippen LogP contribution in [0.25, 0.3) is 5.69 Å². The summed E-state index contributed by atoms with van der Waals surface area (Å²) in [5.41, 5.74) is 2.30. The van der Waals surface area contributed by atoms with E-state index in [9.17, 15) is 9.59 Å². The fraction of sp³-hybridized carbons (Fsp3) is 0.312. The minimum Gasteiger partial charge on any atom is -0.480 e. The van der Waals surface area contributed by atoms with Gasteiger partial charge < -0.3 is 10.4 Å². The van der Waals surface area contributed by atoms with E-state index >= 15 is 0 Å². The Morgan fingerprint density at radius 2 is 1.86 bits per heavy atom. The second-order valence-electron chi connectivity index (χ2n) is 5.54. The molecule has 1 heterocycles. The third-order valence-corrected chi connectivity index (χ3v) is 3.33. The molecule has 22 heavy (non-hydrogen) atoms. The fourth-order valence-electron chi connectivity index (χ4n) is 2.06. The van der Waals surface area contributed by atoms with Crippen molar-refractivity contribution in [3.63, 3.8) is 0 Å². The molecule has 0 aliphatic carbocycles. The number of carbonyl (C=O) groups is 2. The van der Waals surface area contributed by atoms with E-state index in [1.165, 1.54) is 0 Å². The maximum Gasteiger partial charge on any atom is 0.326 e. The van der Waals surface area contributed by atoms with Crippen LogP contribution in [0.4, 0.5) is 0 Å². The van der Waals surface area contributed by atoms with E-state index in [4.69, 9.17) is 5.11 Å².